The maximum absolute atomic E-state index is 12.2. The van der Waals surface area contributed by atoms with E-state index in [1.54, 1.807) is 0 Å². The Hall–Kier alpha value is -2.48. The molecule has 2 aromatic rings. The van der Waals surface area contributed by atoms with Gasteiger partial charge in [0.1, 0.15) is 11.5 Å². The lowest BCUT2D eigenvalue weighted by molar-refractivity contribution is -0.274. The number of hydrogen-bond acceptors (Lipinski definition) is 4. The van der Waals surface area contributed by atoms with Crippen LogP contribution in [0.15, 0.2) is 36.7 Å². The normalized spacial score (nSPS) is 11.1. The van der Waals surface area contributed by atoms with Crippen LogP contribution in [0.5, 0.6) is 11.5 Å². The second-order valence-corrected chi connectivity index (χ2v) is 4.44. The van der Waals surface area contributed by atoms with E-state index >= 15 is 0 Å². The Morgan fingerprint density at radius 3 is 2.68 bits per heavy atom. The van der Waals surface area contributed by atoms with Gasteiger partial charge in [-0.1, -0.05) is 11.6 Å². The van der Waals surface area contributed by atoms with E-state index in [-0.39, 0.29) is 16.3 Å². The van der Waals surface area contributed by atoms with Gasteiger partial charge in [0, 0.05) is 18.5 Å². The number of nitrogens with zero attached hydrogens (tertiary/aromatic N) is 1. The van der Waals surface area contributed by atoms with Gasteiger partial charge in [-0.2, -0.15) is 0 Å². The number of alkyl halides is 3. The van der Waals surface area contributed by atoms with Crippen molar-refractivity contribution in [3.05, 3.63) is 47.2 Å². The summed E-state index contributed by atoms with van der Waals surface area (Å²) in [5.74, 6) is -1.72. The second kappa shape index (κ2) is 6.10. The highest BCUT2D eigenvalue weighted by molar-refractivity contribution is 6.34. The second-order valence-electron chi connectivity index (χ2n) is 4.04. The number of benzene rings is 1. The molecule has 0 aliphatic heterocycles. The molecule has 1 amide bonds. The van der Waals surface area contributed by atoms with E-state index in [0.717, 1.165) is 18.2 Å². The zero-order chi connectivity index (χ0) is 16.3. The minimum absolute atomic E-state index is 0.0539. The topological polar surface area (TPSA) is 71.5 Å². The quantitative estimate of drug-likeness (QED) is 0.843. The molecule has 0 bridgehead atoms. The van der Waals surface area contributed by atoms with Crippen molar-refractivity contribution in [1.29, 1.82) is 0 Å². The van der Waals surface area contributed by atoms with Crippen molar-refractivity contribution in [2.45, 2.75) is 6.36 Å². The maximum Gasteiger partial charge on any atom is 0.573 e. The lowest BCUT2D eigenvalue weighted by Crippen LogP contribution is -2.17. The zero-order valence-corrected chi connectivity index (χ0v) is 11.4. The molecule has 2 rings (SSSR count). The Balaban J connectivity index is 2.24. The predicted molar refractivity (Wildman–Crippen MR) is 72.0 cm³/mol. The average Bonchev–Trinajstić information content (AvgIpc) is 2.41. The van der Waals surface area contributed by atoms with E-state index in [2.05, 4.69) is 15.0 Å². The van der Waals surface area contributed by atoms with Gasteiger partial charge in [0.15, 0.2) is 0 Å². The molecule has 0 saturated carbocycles. The van der Waals surface area contributed by atoms with Crippen molar-refractivity contribution in [3.8, 4) is 11.5 Å². The minimum Gasteiger partial charge on any atom is -0.506 e. The SMILES string of the molecule is O=C(Nc1cc(OC(F)(F)F)ccc1O)c1ccncc1Cl. The number of aromatic nitrogens is 1. The Morgan fingerprint density at radius 2 is 2.05 bits per heavy atom. The molecule has 1 aromatic heterocycles. The number of anilines is 1. The summed E-state index contributed by atoms with van der Waals surface area (Å²) in [6.45, 7) is 0. The molecule has 9 heteroatoms. The fourth-order valence-corrected chi connectivity index (χ4v) is 1.77. The molecule has 116 valence electrons. The number of carbonyl (C=O) groups is 1. The average molecular weight is 333 g/mol. The molecular formula is C13H8ClF3N2O3. The van der Waals surface area contributed by atoms with Crippen LogP contribution in [0, 0.1) is 0 Å². The van der Waals surface area contributed by atoms with Gasteiger partial charge in [0.2, 0.25) is 0 Å². The van der Waals surface area contributed by atoms with E-state index < -0.39 is 23.8 Å². The van der Waals surface area contributed by atoms with E-state index in [0.29, 0.717) is 0 Å². The van der Waals surface area contributed by atoms with Gasteiger partial charge < -0.3 is 15.2 Å². The molecule has 5 nitrogen and oxygen atoms in total. The van der Waals surface area contributed by atoms with Gasteiger partial charge in [-0.15, -0.1) is 13.2 Å². The van der Waals surface area contributed by atoms with Crippen molar-refractivity contribution in [3.63, 3.8) is 0 Å². The number of hydrogen-bond donors (Lipinski definition) is 2. The van der Waals surface area contributed by atoms with Crippen LogP contribution in [0.3, 0.4) is 0 Å². The first-order chi connectivity index (χ1) is 10.3. The van der Waals surface area contributed by atoms with Gasteiger partial charge in [-0.25, -0.2) is 0 Å². The molecule has 0 radical (unpaired) electrons. The standard InChI is InChI=1S/C13H8ClF3N2O3/c14-9-6-18-4-3-8(9)12(21)19-10-5-7(1-2-11(10)20)22-13(15,16)17/h1-6,20H,(H,19,21). The van der Waals surface area contributed by atoms with Gasteiger partial charge >= 0.3 is 6.36 Å². The van der Waals surface area contributed by atoms with Gasteiger partial charge in [0.25, 0.3) is 5.91 Å². The molecule has 1 heterocycles. The third-order valence-electron chi connectivity index (χ3n) is 2.47. The number of phenols is 1. The summed E-state index contributed by atoms with van der Waals surface area (Å²) in [6.07, 6.45) is -2.32. The molecule has 0 atom stereocenters. The fourth-order valence-electron chi connectivity index (χ4n) is 1.56. The molecule has 0 aliphatic rings. The zero-order valence-electron chi connectivity index (χ0n) is 10.7. The van der Waals surface area contributed by atoms with Crippen molar-refractivity contribution >= 4 is 23.2 Å². The Bertz CT molecular complexity index is 707. The van der Waals surface area contributed by atoms with E-state index in [4.69, 9.17) is 11.6 Å². The highest BCUT2D eigenvalue weighted by atomic mass is 35.5. The number of phenolic OH excluding ortho intramolecular Hbond substituents is 1. The van der Waals surface area contributed by atoms with Crippen LogP contribution in [0.25, 0.3) is 0 Å². The Labute approximate surface area is 127 Å². The van der Waals surface area contributed by atoms with Crippen molar-refractivity contribution < 1.29 is 27.8 Å². The molecule has 22 heavy (non-hydrogen) atoms. The van der Waals surface area contributed by atoms with Crippen molar-refractivity contribution in [1.82, 2.24) is 4.98 Å². The fraction of sp³-hybridized carbons (Fsp3) is 0.0769. The first-order valence-electron chi connectivity index (χ1n) is 5.76. The molecule has 0 fully saturated rings. The lowest BCUT2D eigenvalue weighted by Gasteiger charge is -2.12. The summed E-state index contributed by atoms with van der Waals surface area (Å²) in [6, 6.07) is 4.04. The van der Waals surface area contributed by atoms with Crippen molar-refractivity contribution in [2.75, 3.05) is 5.32 Å². The van der Waals surface area contributed by atoms with E-state index in [1.807, 2.05) is 0 Å². The van der Waals surface area contributed by atoms with Crippen LogP contribution in [-0.2, 0) is 0 Å². The molecule has 2 N–H and O–H groups in total. The Morgan fingerprint density at radius 1 is 1.32 bits per heavy atom. The number of halogens is 4. The number of aromatic hydroxyl groups is 1. The number of pyridine rings is 1. The van der Waals surface area contributed by atoms with Crippen LogP contribution in [-0.4, -0.2) is 22.4 Å². The summed E-state index contributed by atoms with van der Waals surface area (Å²) in [7, 11) is 0. The highest BCUT2D eigenvalue weighted by Gasteiger charge is 2.31. The molecule has 0 spiro atoms. The van der Waals surface area contributed by atoms with Gasteiger partial charge in [0.05, 0.1) is 16.3 Å². The van der Waals surface area contributed by atoms with Crippen LogP contribution in [0.1, 0.15) is 10.4 Å². The predicted octanol–water partition coefficient (Wildman–Crippen LogP) is 3.59. The molecule has 0 saturated heterocycles. The highest BCUT2D eigenvalue weighted by Crippen LogP contribution is 2.31. The lowest BCUT2D eigenvalue weighted by atomic mass is 10.2. The largest absolute Gasteiger partial charge is 0.573 e. The number of nitrogens with one attached hydrogen (secondary N) is 1. The van der Waals surface area contributed by atoms with Crippen LogP contribution in [0.2, 0.25) is 5.02 Å². The summed E-state index contributed by atoms with van der Waals surface area (Å²) in [5.41, 5.74) is -0.196. The molecular weight excluding hydrogens is 325 g/mol. The number of ether oxygens (including phenoxy) is 1. The maximum atomic E-state index is 12.2. The van der Waals surface area contributed by atoms with Crippen molar-refractivity contribution in [2.24, 2.45) is 0 Å². The Kier molecular flexibility index (Phi) is 4.41. The number of rotatable bonds is 3. The van der Waals surface area contributed by atoms with Crippen LogP contribution >= 0.6 is 11.6 Å². The number of amides is 1. The van der Waals surface area contributed by atoms with Crippen LogP contribution in [0.4, 0.5) is 18.9 Å². The summed E-state index contributed by atoms with van der Waals surface area (Å²) >= 11 is 5.78. The minimum atomic E-state index is -4.88. The first kappa shape index (κ1) is 15.9. The molecule has 0 aliphatic carbocycles. The summed E-state index contributed by atoms with van der Waals surface area (Å²) in [4.78, 5) is 15.7. The van der Waals surface area contributed by atoms with E-state index in [9.17, 15) is 23.1 Å². The van der Waals surface area contributed by atoms with Gasteiger partial charge in [-0.3, -0.25) is 9.78 Å². The monoisotopic (exact) mass is 332 g/mol. The van der Waals surface area contributed by atoms with E-state index in [1.165, 1.54) is 18.5 Å². The number of carbonyl (C=O) groups excluding carboxylic acids is 1. The molecule has 0 unspecified atom stereocenters. The third kappa shape index (κ3) is 4.01. The smallest absolute Gasteiger partial charge is 0.506 e. The molecule has 1 aromatic carbocycles. The van der Waals surface area contributed by atoms with Crippen LogP contribution < -0.4 is 10.1 Å². The summed E-state index contributed by atoms with van der Waals surface area (Å²) in [5, 5.41) is 11.9. The summed E-state index contributed by atoms with van der Waals surface area (Å²) < 4.78 is 40.2. The van der Waals surface area contributed by atoms with Gasteiger partial charge in [-0.05, 0) is 18.2 Å². The third-order valence-corrected chi connectivity index (χ3v) is 2.77. The first-order valence-corrected chi connectivity index (χ1v) is 6.13.